The number of pyridine rings is 1. The lowest BCUT2D eigenvalue weighted by Gasteiger charge is -2.42. The number of carboxylic acids is 1. The first-order valence-electron chi connectivity index (χ1n) is 15.3. The van der Waals surface area contributed by atoms with Crippen molar-refractivity contribution in [2.75, 3.05) is 26.9 Å². The van der Waals surface area contributed by atoms with Crippen LogP contribution in [0.5, 0.6) is 11.6 Å². The number of halogens is 1. The molecule has 228 valence electrons. The quantitative estimate of drug-likeness (QED) is 0.295. The van der Waals surface area contributed by atoms with Crippen LogP contribution in [0.1, 0.15) is 74.3 Å². The Hall–Kier alpha value is -3.49. The second-order valence-corrected chi connectivity index (χ2v) is 12.9. The number of benzene rings is 2. The SMILES string of the molecule is COc1cc(-c2ccc(C3CCc4ccc([C@H](C5CC5)[C@H](C)C(=O)O)cc4O3)cc2CN2CCOCC2(C)C)c(F)cn1. The van der Waals surface area contributed by atoms with Gasteiger partial charge in [0.2, 0.25) is 5.88 Å². The number of aryl methyl sites for hydroxylation is 1. The van der Waals surface area contributed by atoms with Crippen LogP contribution in [0.2, 0.25) is 0 Å². The van der Waals surface area contributed by atoms with Crippen molar-refractivity contribution in [1.82, 2.24) is 9.88 Å². The van der Waals surface area contributed by atoms with Gasteiger partial charge in [-0.05, 0) is 85.3 Å². The third kappa shape index (κ3) is 6.13. The van der Waals surface area contributed by atoms with Gasteiger partial charge in [0.25, 0.3) is 0 Å². The Labute approximate surface area is 253 Å². The van der Waals surface area contributed by atoms with E-state index in [1.807, 2.05) is 19.1 Å². The zero-order chi connectivity index (χ0) is 30.3. The van der Waals surface area contributed by atoms with Gasteiger partial charge in [0, 0.05) is 30.3 Å². The predicted molar refractivity (Wildman–Crippen MR) is 162 cm³/mol. The average molecular weight is 589 g/mol. The van der Waals surface area contributed by atoms with Crippen LogP contribution < -0.4 is 9.47 Å². The van der Waals surface area contributed by atoms with Gasteiger partial charge in [0.15, 0.2) is 0 Å². The van der Waals surface area contributed by atoms with Crippen LogP contribution in [-0.4, -0.2) is 53.4 Å². The summed E-state index contributed by atoms with van der Waals surface area (Å²) in [6.07, 6.45) is 4.88. The molecule has 1 saturated carbocycles. The molecule has 6 rings (SSSR count). The monoisotopic (exact) mass is 588 g/mol. The van der Waals surface area contributed by atoms with E-state index in [-0.39, 0.29) is 17.6 Å². The molecule has 43 heavy (non-hydrogen) atoms. The summed E-state index contributed by atoms with van der Waals surface area (Å²) in [4.78, 5) is 18.3. The second-order valence-electron chi connectivity index (χ2n) is 12.9. The van der Waals surface area contributed by atoms with Crippen LogP contribution in [0, 0.1) is 17.7 Å². The maximum atomic E-state index is 15.2. The van der Waals surface area contributed by atoms with E-state index < -0.39 is 17.7 Å². The first-order chi connectivity index (χ1) is 20.6. The van der Waals surface area contributed by atoms with E-state index in [1.165, 1.54) is 13.3 Å². The van der Waals surface area contributed by atoms with Crippen LogP contribution in [0.25, 0.3) is 11.1 Å². The molecule has 1 aliphatic carbocycles. The summed E-state index contributed by atoms with van der Waals surface area (Å²) in [7, 11) is 1.53. The van der Waals surface area contributed by atoms with E-state index in [2.05, 4.69) is 48.0 Å². The van der Waals surface area contributed by atoms with Gasteiger partial charge in [-0.2, -0.15) is 0 Å². The van der Waals surface area contributed by atoms with E-state index in [0.29, 0.717) is 37.1 Å². The molecule has 0 amide bonds. The first kappa shape index (κ1) is 29.6. The molecule has 8 heteroatoms. The Morgan fingerprint density at radius 2 is 1.98 bits per heavy atom. The van der Waals surface area contributed by atoms with Crippen molar-refractivity contribution in [3.8, 4) is 22.8 Å². The molecule has 0 radical (unpaired) electrons. The minimum absolute atomic E-state index is 0.0122. The summed E-state index contributed by atoms with van der Waals surface area (Å²) < 4.78 is 32.9. The van der Waals surface area contributed by atoms with Crippen molar-refractivity contribution >= 4 is 5.97 Å². The number of morpholine rings is 1. The van der Waals surface area contributed by atoms with Gasteiger partial charge < -0.3 is 19.3 Å². The van der Waals surface area contributed by atoms with Gasteiger partial charge in [0.1, 0.15) is 17.7 Å². The highest BCUT2D eigenvalue weighted by atomic mass is 19.1. The van der Waals surface area contributed by atoms with Crippen molar-refractivity contribution in [1.29, 1.82) is 0 Å². The van der Waals surface area contributed by atoms with Crippen molar-refractivity contribution in [3.05, 3.63) is 76.7 Å². The number of fused-ring (bicyclic) bond motifs is 1. The molecular weight excluding hydrogens is 547 g/mol. The average Bonchev–Trinajstić information content (AvgIpc) is 3.83. The zero-order valence-corrected chi connectivity index (χ0v) is 25.4. The van der Waals surface area contributed by atoms with Gasteiger partial charge in [0.05, 0.1) is 32.4 Å². The molecule has 3 heterocycles. The molecule has 2 aromatic carbocycles. The molecule has 1 aromatic heterocycles. The highest BCUT2D eigenvalue weighted by molar-refractivity contribution is 5.71. The van der Waals surface area contributed by atoms with Crippen molar-refractivity contribution in [2.45, 2.75) is 70.6 Å². The Kier molecular flexibility index (Phi) is 8.18. The Morgan fingerprint density at radius 3 is 2.70 bits per heavy atom. The first-order valence-corrected chi connectivity index (χ1v) is 15.3. The molecule has 1 unspecified atom stereocenters. The second kappa shape index (κ2) is 11.9. The molecule has 1 saturated heterocycles. The molecular formula is C35H41FN2O5. The van der Waals surface area contributed by atoms with Crippen molar-refractivity contribution in [3.63, 3.8) is 0 Å². The van der Waals surface area contributed by atoms with E-state index in [0.717, 1.165) is 65.8 Å². The topological polar surface area (TPSA) is 81.1 Å². The molecule has 2 aliphatic heterocycles. The van der Waals surface area contributed by atoms with E-state index >= 15 is 4.39 Å². The lowest BCUT2D eigenvalue weighted by Crippen LogP contribution is -2.52. The van der Waals surface area contributed by atoms with Gasteiger partial charge in [-0.3, -0.25) is 9.69 Å². The number of carboxylic acid groups (broad SMARTS) is 1. The minimum atomic E-state index is -0.757. The smallest absolute Gasteiger partial charge is 0.306 e. The fraction of sp³-hybridized carbons (Fsp3) is 0.486. The van der Waals surface area contributed by atoms with Crippen LogP contribution >= 0.6 is 0 Å². The van der Waals surface area contributed by atoms with E-state index in [1.54, 1.807) is 6.07 Å². The number of carbonyl (C=O) groups is 1. The standard InChI is InChI=1S/C35H41FN2O5/c1-21(34(39)40)33(23-6-7-23)25-8-5-22-10-12-30(43-31(22)16-25)24-9-11-27(28-17-32(41-4)37-18-29(28)36)26(15-24)19-38-13-14-42-20-35(38,2)3/h5,8-9,11,15-18,21,23,30,33H,6-7,10,12-14,19-20H2,1-4H3,(H,39,40)/t21-,30?,33-/m0/s1. The number of rotatable bonds is 9. The third-order valence-electron chi connectivity index (χ3n) is 9.49. The molecule has 2 fully saturated rings. The van der Waals surface area contributed by atoms with Gasteiger partial charge >= 0.3 is 5.97 Å². The third-order valence-corrected chi connectivity index (χ3v) is 9.49. The van der Waals surface area contributed by atoms with Crippen LogP contribution in [-0.2, 0) is 22.5 Å². The predicted octanol–water partition coefficient (Wildman–Crippen LogP) is 6.79. The summed E-state index contributed by atoms with van der Waals surface area (Å²) >= 11 is 0. The molecule has 0 spiro atoms. The largest absolute Gasteiger partial charge is 0.485 e. The molecule has 3 aromatic rings. The van der Waals surface area contributed by atoms with Gasteiger partial charge in [-0.1, -0.05) is 37.3 Å². The minimum Gasteiger partial charge on any atom is -0.485 e. The van der Waals surface area contributed by atoms with Crippen LogP contribution in [0.4, 0.5) is 4.39 Å². The fourth-order valence-electron chi connectivity index (χ4n) is 6.74. The summed E-state index contributed by atoms with van der Waals surface area (Å²) in [5, 5.41) is 9.77. The number of methoxy groups -OCH3 is 1. The lowest BCUT2D eigenvalue weighted by molar-refractivity contribution is -0.142. The van der Waals surface area contributed by atoms with Crippen LogP contribution in [0.15, 0.2) is 48.7 Å². The Bertz CT molecular complexity index is 1500. The van der Waals surface area contributed by atoms with Crippen molar-refractivity contribution in [2.24, 2.45) is 11.8 Å². The van der Waals surface area contributed by atoms with Gasteiger partial charge in [-0.25, -0.2) is 9.37 Å². The number of hydrogen-bond acceptors (Lipinski definition) is 6. The maximum Gasteiger partial charge on any atom is 0.306 e. The summed E-state index contributed by atoms with van der Waals surface area (Å²) in [5.74, 6) is -0.00146. The summed E-state index contributed by atoms with van der Waals surface area (Å²) in [6.45, 7) is 8.86. The zero-order valence-electron chi connectivity index (χ0n) is 25.4. The van der Waals surface area contributed by atoms with Crippen molar-refractivity contribution < 1.29 is 28.5 Å². The number of hydrogen-bond donors (Lipinski definition) is 1. The Balaban J connectivity index is 1.34. The molecule has 3 aliphatic rings. The molecule has 7 nitrogen and oxygen atoms in total. The normalized spacial score (nSPS) is 21.4. The summed E-state index contributed by atoms with van der Waals surface area (Å²) in [5.41, 5.74) is 5.34. The number of aliphatic carboxylic acids is 1. The van der Waals surface area contributed by atoms with E-state index in [4.69, 9.17) is 14.2 Å². The molecule has 1 N–H and O–H groups in total. The van der Waals surface area contributed by atoms with Gasteiger partial charge in [-0.15, -0.1) is 0 Å². The number of ether oxygens (including phenoxy) is 3. The van der Waals surface area contributed by atoms with Crippen LogP contribution in [0.3, 0.4) is 0 Å². The highest BCUT2D eigenvalue weighted by Crippen LogP contribution is 2.48. The molecule has 3 atom stereocenters. The number of aromatic nitrogens is 1. The fourth-order valence-corrected chi connectivity index (χ4v) is 6.74. The maximum absolute atomic E-state index is 15.2. The lowest BCUT2D eigenvalue weighted by atomic mass is 9.82. The number of nitrogens with zero attached hydrogens (tertiary/aromatic N) is 2. The van der Waals surface area contributed by atoms with E-state index in [9.17, 15) is 9.90 Å². The molecule has 0 bridgehead atoms. The summed E-state index contributed by atoms with van der Waals surface area (Å²) in [6, 6.07) is 14.1. The highest BCUT2D eigenvalue weighted by Gasteiger charge is 2.39. The Morgan fingerprint density at radius 1 is 1.16 bits per heavy atom.